The number of nitrogens with zero attached hydrogens (tertiary/aromatic N) is 3. The van der Waals surface area contributed by atoms with Gasteiger partial charge in [-0.15, -0.1) is 0 Å². The lowest BCUT2D eigenvalue weighted by Gasteiger charge is -2.26. The van der Waals surface area contributed by atoms with E-state index in [9.17, 15) is 4.39 Å². The third-order valence-electron chi connectivity index (χ3n) is 5.04. The summed E-state index contributed by atoms with van der Waals surface area (Å²) in [5, 5.41) is 6.32. The van der Waals surface area contributed by atoms with Gasteiger partial charge in [0.15, 0.2) is 11.5 Å². The van der Waals surface area contributed by atoms with Crippen LogP contribution in [0.3, 0.4) is 0 Å². The number of hydrogen-bond donors (Lipinski definition) is 2. The average molecular weight is 518 g/mol. The maximum atomic E-state index is 13.2. The van der Waals surface area contributed by atoms with Crippen LogP contribution < -0.4 is 20.1 Å². The predicted molar refractivity (Wildman–Crippen MR) is 128 cm³/mol. The van der Waals surface area contributed by atoms with Crippen molar-refractivity contribution < 1.29 is 18.6 Å². The second-order valence-corrected chi connectivity index (χ2v) is 8.17. The van der Waals surface area contributed by atoms with Gasteiger partial charge in [0, 0.05) is 43.3 Å². The smallest absolute Gasteiger partial charge is 0.229 e. The molecule has 2 heterocycles. The van der Waals surface area contributed by atoms with Crippen LogP contribution in [0.4, 0.5) is 27.5 Å². The van der Waals surface area contributed by atoms with Crippen LogP contribution in [-0.2, 0) is 4.74 Å². The van der Waals surface area contributed by atoms with E-state index in [0.717, 1.165) is 38.5 Å². The largest absolute Gasteiger partial charge is 0.493 e. The van der Waals surface area contributed by atoms with E-state index in [4.69, 9.17) is 14.2 Å². The molecule has 2 N–H and O–H groups in total. The van der Waals surface area contributed by atoms with Gasteiger partial charge in [-0.25, -0.2) is 9.37 Å². The fourth-order valence-electron chi connectivity index (χ4n) is 3.29. The SMILES string of the molecule is COc1cc(Nc2ncc(Br)c(Nc3ccc(F)cc3)n2)ccc1OCCN1CCOCC1. The molecule has 1 aliphatic heterocycles. The Morgan fingerprint density at radius 1 is 1.06 bits per heavy atom. The molecule has 8 nitrogen and oxygen atoms in total. The molecule has 1 saturated heterocycles. The number of nitrogens with one attached hydrogen (secondary N) is 2. The highest BCUT2D eigenvalue weighted by molar-refractivity contribution is 9.10. The van der Waals surface area contributed by atoms with Crippen LogP contribution in [0.1, 0.15) is 0 Å². The molecule has 0 radical (unpaired) electrons. The first kappa shape index (κ1) is 23.2. The van der Waals surface area contributed by atoms with Gasteiger partial charge in [0.1, 0.15) is 18.2 Å². The zero-order valence-electron chi connectivity index (χ0n) is 18.2. The van der Waals surface area contributed by atoms with Crippen LogP contribution >= 0.6 is 15.9 Å². The van der Waals surface area contributed by atoms with E-state index in [-0.39, 0.29) is 5.82 Å². The fraction of sp³-hybridized carbons (Fsp3) is 0.304. The number of halogens is 2. The van der Waals surface area contributed by atoms with Crippen molar-refractivity contribution in [3.63, 3.8) is 0 Å². The van der Waals surface area contributed by atoms with Gasteiger partial charge in [-0.2, -0.15) is 4.98 Å². The average Bonchev–Trinajstić information content (AvgIpc) is 2.84. The summed E-state index contributed by atoms with van der Waals surface area (Å²) in [5.74, 6) is 1.93. The van der Waals surface area contributed by atoms with Crippen LogP contribution in [0.25, 0.3) is 0 Å². The number of aromatic nitrogens is 2. The first-order valence-electron chi connectivity index (χ1n) is 10.5. The molecular weight excluding hydrogens is 493 g/mol. The molecule has 0 bridgehead atoms. The molecule has 0 saturated carbocycles. The van der Waals surface area contributed by atoms with E-state index in [1.807, 2.05) is 18.2 Å². The van der Waals surface area contributed by atoms with Crippen LogP contribution in [0.2, 0.25) is 0 Å². The quantitative estimate of drug-likeness (QED) is 0.426. The van der Waals surface area contributed by atoms with Crippen LogP contribution in [0.5, 0.6) is 11.5 Å². The Morgan fingerprint density at radius 2 is 1.82 bits per heavy atom. The lowest BCUT2D eigenvalue weighted by atomic mass is 10.2. The Hall–Kier alpha value is -2.95. The molecule has 1 aliphatic rings. The van der Waals surface area contributed by atoms with Crippen molar-refractivity contribution in [3.05, 3.63) is 59.0 Å². The Balaban J connectivity index is 1.40. The Kier molecular flexibility index (Phi) is 7.92. The summed E-state index contributed by atoms with van der Waals surface area (Å²) >= 11 is 3.44. The van der Waals surface area contributed by atoms with Crippen molar-refractivity contribution >= 4 is 39.1 Å². The number of morpholine rings is 1. The van der Waals surface area contributed by atoms with Crippen molar-refractivity contribution in [1.82, 2.24) is 14.9 Å². The van der Waals surface area contributed by atoms with Crippen molar-refractivity contribution in [3.8, 4) is 11.5 Å². The third kappa shape index (κ3) is 6.53. The maximum Gasteiger partial charge on any atom is 0.229 e. The van der Waals surface area contributed by atoms with Gasteiger partial charge in [0.25, 0.3) is 0 Å². The van der Waals surface area contributed by atoms with Gasteiger partial charge in [-0.1, -0.05) is 0 Å². The number of benzene rings is 2. The summed E-state index contributed by atoms with van der Waals surface area (Å²) < 4.78 is 30.7. The molecule has 10 heteroatoms. The summed E-state index contributed by atoms with van der Waals surface area (Å²) in [6.07, 6.45) is 1.64. The highest BCUT2D eigenvalue weighted by Crippen LogP contribution is 2.32. The molecule has 0 unspecified atom stereocenters. The minimum Gasteiger partial charge on any atom is -0.493 e. The molecule has 0 atom stereocenters. The van der Waals surface area contributed by atoms with E-state index in [1.165, 1.54) is 12.1 Å². The number of anilines is 4. The standard InChI is InChI=1S/C23H25BrFN5O3/c1-31-21-14-18(6-7-20(21)33-13-10-30-8-11-32-12-9-30)28-23-26-15-19(24)22(29-23)27-17-4-2-16(25)3-5-17/h2-7,14-15H,8-13H2,1H3,(H2,26,27,28,29). The van der Waals surface area contributed by atoms with E-state index < -0.39 is 0 Å². The Bertz CT molecular complexity index is 1060. The van der Waals surface area contributed by atoms with Gasteiger partial charge in [0.05, 0.1) is 24.8 Å². The molecule has 1 fully saturated rings. The number of rotatable bonds is 9. The highest BCUT2D eigenvalue weighted by atomic mass is 79.9. The van der Waals surface area contributed by atoms with Gasteiger partial charge < -0.3 is 24.8 Å². The molecule has 1 aromatic heterocycles. The Labute approximate surface area is 200 Å². The number of ether oxygens (including phenoxy) is 3. The topological polar surface area (TPSA) is 80.8 Å². The van der Waals surface area contributed by atoms with Crippen molar-refractivity contribution in [2.24, 2.45) is 0 Å². The summed E-state index contributed by atoms with van der Waals surface area (Å²) in [5.41, 5.74) is 1.46. The van der Waals surface area contributed by atoms with E-state index in [1.54, 1.807) is 25.4 Å². The van der Waals surface area contributed by atoms with Crippen LogP contribution in [0.15, 0.2) is 53.1 Å². The molecular formula is C23H25BrFN5O3. The molecule has 2 aromatic carbocycles. The summed E-state index contributed by atoms with van der Waals surface area (Å²) in [4.78, 5) is 11.1. The lowest BCUT2D eigenvalue weighted by molar-refractivity contribution is 0.0321. The number of methoxy groups -OCH3 is 1. The normalized spacial score (nSPS) is 14.0. The van der Waals surface area contributed by atoms with E-state index >= 15 is 0 Å². The molecule has 174 valence electrons. The first-order chi connectivity index (χ1) is 16.1. The predicted octanol–water partition coefficient (Wildman–Crippen LogP) is 4.59. The fourth-order valence-corrected chi connectivity index (χ4v) is 3.58. The number of hydrogen-bond acceptors (Lipinski definition) is 8. The first-order valence-corrected chi connectivity index (χ1v) is 11.3. The summed E-state index contributed by atoms with van der Waals surface area (Å²) in [6.45, 7) is 4.79. The second kappa shape index (κ2) is 11.3. The van der Waals surface area contributed by atoms with Gasteiger partial charge in [-0.3, -0.25) is 4.90 Å². The van der Waals surface area contributed by atoms with E-state index in [2.05, 4.69) is 41.4 Å². The second-order valence-electron chi connectivity index (χ2n) is 7.32. The van der Waals surface area contributed by atoms with E-state index in [0.29, 0.717) is 40.0 Å². The van der Waals surface area contributed by atoms with Crippen molar-refractivity contribution in [2.45, 2.75) is 0 Å². The molecule has 0 amide bonds. The summed E-state index contributed by atoms with van der Waals surface area (Å²) in [6, 6.07) is 11.6. The van der Waals surface area contributed by atoms with Crippen LogP contribution in [-0.4, -0.2) is 61.4 Å². The molecule has 0 spiro atoms. The van der Waals surface area contributed by atoms with Gasteiger partial charge in [0.2, 0.25) is 5.95 Å². The zero-order valence-corrected chi connectivity index (χ0v) is 19.8. The highest BCUT2D eigenvalue weighted by Gasteiger charge is 2.12. The zero-order chi connectivity index (χ0) is 23.0. The summed E-state index contributed by atoms with van der Waals surface area (Å²) in [7, 11) is 1.61. The minimum absolute atomic E-state index is 0.299. The monoisotopic (exact) mass is 517 g/mol. The third-order valence-corrected chi connectivity index (χ3v) is 5.62. The van der Waals surface area contributed by atoms with Gasteiger partial charge >= 0.3 is 0 Å². The van der Waals surface area contributed by atoms with Crippen molar-refractivity contribution in [2.75, 3.05) is 57.2 Å². The van der Waals surface area contributed by atoms with Gasteiger partial charge in [-0.05, 0) is 52.3 Å². The molecule has 33 heavy (non-hydrogen) atoms. The molecule has 3 aromatic rings. The molecule has 0 aliphatic carbocycles. The maximum absolute atomic E-state index is 13.2. The Morgan fingerprint density at radius 3 is 2.58 bits per heavy atom. The van der Waals surface area contributed by atoms with Crippen LogP contribution in [0, 0.1) is 5.82 Å². The van der Waals surface area contributed by atoms with Crippen molar-refractivity contribution in [1.29, 1.82) is 0 Å². The minimum atomic E-state index is -0.299. The lowest BCUT2D eigenvalue weighted by Crippen LogP contribution is -2.38. The molecule has 4 rings (SSSR count).